The van der Waals surface area contributed by atoms with E-state index in [4.69, 9.17) is 11.6 Å². The highest BCUT2D eigenvalue weighted by atomic mass is 35.5. The summed E-state index contributed by atoms with van der Waals surface area (Å²) >= 11 is 11.1. The number of aromatic nitrogens is 2. The van der Waals surface area contributed by atoms with Crippen molar-refractivity contribution in [2.45, 2.75) is 31.3 Å². The van der Waals surface area contributed by atoms with E-state index in [0.717, 1.165) is 29.8 Å². The Kier molecular flexibility index (Phi) is 6.22. The fourth-order valence-corrected chi connectivity index (χ4v) is 7.68. The summed E-state index contributed by atoms with van der Waals surface area (Å²) in [5, 5.41) is 4.88. The molecule has 0 N–H and O–H groups in total. The second-order valence-corrected chi connectivity index (χ2v) is 11.2. The molecule has 0 saturated heterocycles. The lowest BCUT2D eigenvalue weighted by molar-refractivity contribution is -0.707. The summed E-state index contributed by atoms with van der Waals surface area (Å²) in [5.41, 5.74) is 2.39. The number of anilines is 1. The average Bonchev–Trinajstić information content (AvgIpc) is 3.50. The number of nitrogens with zero attached hydrogens (tertiary/aromatic N) is 3. The van der Waals surface area contributed by atoms with Crippen LogP contribution in [-0.4, -0.2) is 11.6 Å². The Morgan fingerprint density at radius 2 is 1.97 bits per heavy atom. The van der Waals surface area contributed by atoms with Crippen molar-refractivity contribution in [3.05, 3.63) is 95.3 Å². The number of benzene rings is 2. The normalized spacial score (nSPS) is 16.4. The SMILES string of the molecule is CCn1c(=O)/c(=C2\Sc3cc(Cl)ccc3N2C)s/c1=C\c1scc[n+]1C(C)c1ccccc1. The average molecular weight is 513 g/mol. The molecule has 1 aliphatic rings. The molecule has 2 aromatic heterocycles. The maximum absolute atomic E-state index is 13.4. The summed E-state index contributed by atoms with van der Waals surface area (Å²) in [6.45, 7) is 4.85. The molecular formula is C25H23ClN3OS3+. The largest absolute Gasteiger partial charge is 0.337 e. The van der Waals surface area contributed by atoms with Crippen molar-refractivity contribution in [2.24, 2.45) is 0 Å². The van der Waals surface area contributed by atoms with E-state index in [1.165, 1.54) is 5.56 Å². The molecule has 4 aromatic rings. The van der Waals surface area contributed by atoms with E-state index >= 15 is 0 Å². The highest BCUT2D eigenvalue weighted by Gasteiger charge is 2.25. The first-order chi connectivity index (χ1) is 16.0. The van der Waals surface area contributed by atoms with Gasteiger partial charge in [0, 0.05) is 36.0 Å². The van der Waals surface area contributed by atoms with E-state index in [9.17, 15) is 4.79 Å². The molecule has 0 bridgehead atoms. The van der Waals surface area contributed by atoms with Gasteiger partial charge >= 0.3 is 0 Å². The zero-order valence-electron chi connectivity index (χ0n) is 18.5. The van der Waals surface area contributed by atoms with Gasteiger partial charge in [0.05, 0.1) is 17.1 Å². The van der Waals surface area contributed by atoms with E-state index in [2.05, 4.69) is 58.3 Å². The molecule has 33 heavy (non-hydrogen) atoms. The van der Waals surface area contributed by atoms with Gasteiger partial charge < -0.3 is 4.90 Å². The predicted octanol–water partition coefficient (Wildman–Crippen LogP) is 4.68. The van der Waals surface area contributed by atoms with Crippen molar-refractivity contribution in [1.29, 1.82) is 0 Å². The molecule has 0 saturated carbocycles. The number of rotatable bonds is 4. The molecule has 4 nitrogen and oxygen atoms in total. The molecule has 2 aromatic carbocycles. The summed E-state index contributed by atoms with van der Waals surface area (Å²) in [6.07, 6.45) is 4.26. The van der Waals surface area contributed by atoms with Crippen molar-refractivity contribution in [3.8, 4) is 0 Å². The van der Waals surface area contributed by atoms with Crippen LogP contribution >= 0.6 is 46.0 Å². The van der Waals surface area contributed by atoms with Crippen LogP contribution in [0, 0.1) is 0 Å². The van der Waals surface area contributed by atoms with Crippen molar-refractivity contribution in [3.63, 3.8) is 0 Å². The molecule has 0 aliphatic carbocycles. The standard InChI is InChI=1S/C25H23ClN3OS3/c1-4-28-22(15-21-29(12-13-31-21)16(2)17-8-6-5-7-9-17)33-23(24(28)30)25-27(3)19-11-10-18(26)14-20(19)32-25/h5-16H,4H2,1-3H3/q+1/b25-23+. The Balaban J connectivity index is 1.63. The number of hydrogen-bond acceptors (Lipinski definition) is 5. The minimum atomic E-state index is 0.0567. The highest BCUT2D eigenvalue weighted by molar-refractivity contribution is 8.08. The fourth-order valence-electron chi connectivity index (χ4n) is 4.02. The quantitative estimate of drug-likeness (QED) is 0.372. The van der Waals surface area contributed by atoms with Crippen LogP contribution in [0.4, 0.5) is 5.69 Å². The zero-order valence-corrected chi connectivity index (χ0v) is 21.7. The zero-order chi connectivity index (χ0) is 23.1. The van der Waals surface area contributed by atoms with Crippen molar-refractivity contribution in [1.82, 2.24) is 4.57 Å². The van der Waals surface area contributed by atoms with Gasteiger partial charge in [-0.2, -0.15) is 4.57 Å². The van der Waals surface area contributed by atoms with Gasteiger partial charge in [-0.1, -0.05) is 65.0 Å². The molecule has 1 unspecified atom stereocenters. The maximum Gasteiger partial charge on any atom is 0.271 e. The van der Waals surface area contributed by atoms with Crippen LogP contribution in [0.5, 0.6) is 0 Å². The number of thioether (sulfide) groups is 1. The third-order valence-electron chi connectivity index (χ3n) is 5.83. The molecule has 1 aliphatic heterocycles. The van der Waals surface area contributed by atoms with E-state index in [0.29, 0.717) is 11.6 Å². The smallest absolute Gasteiger partial charge is 0.271 e. The first-order valence-corrected chi connectivity index (χ1v) is 13.6. The lowest BCUT2D eigenvalue weighted by Gasteiger charge is -2.12. The molecule has 3 heterocycles. The van der Waals surface area contributed by atoms with Gasteiger partial charge in [0.25, 0.3) is 10.6 Å². The number of fused-ring (bicyclic) bond motifs is 1. The van der Waals surface area contributed by atoms with Crippen molar-refractivity contribution < 1.29 is 4.57 Å². The van der Waals surface area contributed by atoms with E-state index in [-0.39, 0.29) is 11.6 Å². The Morgan fingerprint density at radius 3 is 2.73 bits per heavy atom. The monoisotopic (exact) mass is 512 g/mol. The number of thiazole rings is 2. The first kappa shape index (κ1) is 22.5. The summed E-state index contributed by atoms with van der Waals surface area (Å²) in [5.74, 6) is 0. The van der Waals surface area contributed by atoms with E-state index < -0.39 is 0 Å². The predicted molar refractivity (Wildman–Crippen MR) is 141 cm³/mol. The first-order valence-electron chi connectivity index (χ1n) is 10.7. The third kappa shape index (κ3) is 4.08. The van der Waals surface area contributed by atoms with Crippen molar-refractivity contribution >= 4 is 62.8 Å². The third-order valence-corrected chi connectivity index (χ3v) is 9.36. The fraction of sp³-hybridized carbons (Fsp3) is 0.200. The number of halogens is 1. The van der Waals surface area contributed by atoms with Gasteiger partial charge in [0.2, 0.25) is 0 Å². The molecule has 0 amide bonds. The van der Waals surface area contributed by atoms with Crippen LogP contribution in [0.15, 0.2) is 69.8 Å². The van der Waals surface area contributed by atoms with Gasteiger partial charge in [-0.05, 0) is 25.1 Å². The Bertz CT molecular complexity index is 1500. The Labute approximate surface area is 209 Å². The molecule has 0 radical (unpaired) electrons. The molecule has 0 fully saturated rings. The summed E-state index contributed by atoms with van der Waals surface area (Å²) in [7, 11) is 2.01. The molecule has 168 valence electrons. The minimum absolute atomic E-state index is 0.0567. The summed E-state index contributed by atoms with van der Waals surface area (Å²) < 4.78 is 5.87. The molecular weight excluding hydrogens is 490 g/mol. The lowest BCUT2D eigenvalue weighted by atomic mass is 10.1. The van der Waals surface area contributed by atoms with Crippen LogP contribution in [0.1, 0.15) is 30.5 Å². The number of hydrogen-bond donors (Lipinski definition) is 0. The van der Waals surface area contributed by atoms with Crippen LogP contribution in [0.25, 0.3) is 11.1 Å². The molecule has 0 spiro atoms. The summed E-state index contributed by atoms with van der Waals surface area (Å²) in [6, 6.07) is 16.5. The minimum Gasteiger partial charge on any atom is -0.337 e. The maximum atomic E-state index is 13.4. The molecule has 8 heteroatoms. The van der Waals surface area contributed by atoms with Crippen LogP contribution < -0.4 is 24.2 Å². The van der Waals surface area contributed by atoms with Crippen LogP contribution in [0.3, 0.4) is 0 Å². The highest BCUT2D eigenvalue weighted by Crippen LogP contribution is 2.46. The second-order valence-electron chi connectivity index (χ2n) is 7.78. The van der Waals surface area contributed by atoms with Gasteiger partial charge in [-0.3, -0.25) is 9.36 Å². The van der Waals surface area contributed by atoms with Gasteiger partial charge in [-0.25, -0.2) is 0 Å². The van der Waals surface area contributed by atoms with Crippen LogP contribution in [0.2, 0.25) is 5.02 Å². The second kappa shape index (κ2) is 9.14. The Morgan fingerprint density at radius 1 is 1.18 bits per heavy atom. The van der Waals surface area contributed by atoms with Crippen molar-refractivity contribution in [2.75, 3.05) is 11.9 Å². The molecule has 5 rings (SSSR count). The lowest BCUT2D eigenvalue weighted by Crippen LogP contribution is -2.39. The topological polar surface area (TPSA) is 29.1 Å². The van der Waals surface area contributed by atoms with Gasteiger partial charge in [0.15, 0.2) is 12.2 Å². The van der Waals surface area contributed by atoms with E-state index in [1.807, 2.05) is 42.8 Å². The summed E-state index contributed by atoms with van der Waals surface area (Å²) in [4.78, 5) is 16.6. The molecule has 1 atom stereocenters. The van der Waals surface area contributed by atoms with Crippen LogP contribution in [-0.2, 0) is 6.54 Å². The van der Waals surface area contributed by atoms with Gasteiger partial charge in [0.1, 0.15) is 14.2 Å². The van der Waals surface area contributed by atoms with E-state index in [1.54, 1.807) is 34.4 Å². The van der Waals surface area contributed by atoms with Gasteiger partial charge in [-0.15, -0.1) is 11.3 Å². The Hall–Kier alpha value is -2.32.